The van der Waals surface area contributed by atoms with Crippen molar-refractivity contribution < 1.29 is 4.79 Å². The molecule has 100 valence electrons. The van der Waals surface area contributed by atoms with Crippen molar-refractivity contribution >= 4 is 34.7 Å². The highest BCUT2D eigenvalue weighted by atomic mass is 35.5. The Morgan fingerprint density at radius 3 is 2.89 bits per heavy atom. The number of halogens is 1. The van der Waals surface area contributed by atoms with Gasteiger partial charge < -0.3 is 10.6 Å². The summed E-state index contributed by atoms with van der Waals surface area (Å²) in [6.07, 6.45) is 0.847. The van der Waals surface area contributed by atoms with E-state index in [1.54, 1.807) is 17.4 Å². The van der Waals surface area contributed by atoms with Gasteiger partial charge in [0.15, 0.2) is 0 Å². The number of hydrogen-bond donors (Lipinski definition) is 2. The first kappa shape index (κ1) is 13.9. The van der Waals surface area contributed by atoms with Crippen molar-refractivity contribution in [3.05, 3.63) is 51.2 Å². The molecule has 0 aliphatic carbocycles. The normalized spacial score (nSPS) is 10.2. The summed E-state index contributed by atoms with van der Waals surface area (Å²) in [5, 5.41) is 8.26. The molecule has 0 radical (unpaired) electrons. The molecule has 0 saturated heterocycles. The number of aryl methyl sites for hydroxylation is 1. The van der Waals surface area contributed by atoms with Crippen molar-refractivity contribution in [1.82, 2.24) is 5.32 Å². The second-order valence-electron chi connectivity index (χ2n) is 4.17. The van der Waals surface area contributed by atoms with E-state index in [9.17, 15) is 4.79 Å². The fourth-order valence-electron chi connectivity index (χ4n) is 1.60. The number of carbonyl (C=O) groups is 1. The fourth-order valence-corrected chi connectivity index (χ4v) is 2.49. The van der Waals surface area contributed by atoms with Crippen LogP contribution in [0.15, 0.2) is 35.7 Å². The monoisotopic (exact) mass is 294 g/mol. The summed E-state index contributed by atoms with van der Waals surface area (Å²) in [5.41, 5.74) is 1.69. The van der Waals surface area contributed by atoms with Gasteiger partial charge in [-0.3, -0.25) is 0 Å². The summed E-state index contributed by atoms with van der Waals surface area (Å²) < 4.78 is 0. The lowest BCUT2D eigenvalue weighted by Crippen LogP contribution is -2.30. The predicted octanol–water partition coefficient (Wildman–Crippen LogP) is 4.07. The van der Waals surface area contributed by atoms with E-state index in [0.29, 0.717) is 17.3 Å². The average molecular weight is 295 g/mol. The van der Waals surface area contributed by atoms with Crippen LogP contribution in [0, 0.1) is 6.92 Å². The molecule has 0 fully saturated rings. The number of thiophene rings is 1. The SMILES string of the molecule is Cc1ccc(NC(=O)NCCc2cccs2)cc1Cl. The largest absolute Gasteiger partial charge is 0.338 e. The van der Waals surface area contributed by atoms with Crippen LogP contribution in [0.3, 0.4) is 0 Å². The highest BCUT2D eigenvalue weighted by Crippen LogP contribution is 2.19. The molecule has 1 heterocycles. The zero-order valence-corrected chi connectivity index (χ0v) is 12.1. The molecule has 19 heavy (non-hydrogen) atoms. The van der Waals surface area contributed by atoms with Gasteiger partial charge in [-0.2, -0.15) is 0 Å². The molecule has 2 N–H and O–H groups in total. The summed E-state index contributed by atoms with van der Waals surface area (Å²) in [5.74, 6) is 0. The molecule has 0 aliphatic heterocycles. The van der Waals surface area contributed by atoms with E-state index in [-0.39, 0.29) is 6.03 Å². The number of rotatable bonds is 4. The van der Waals surface area contributed by atoms with Crippen molar-refractivity contribution in [3.8, 4) is 0 Å². The Morgan fingerprint density at radius 2 is 2.21 bits per heavy atom. The van der Waals surface area contributed by atoms with E-state index in [0.717, 1.165) is 12.0 Å². The Hall–Kier alpha value is -1.52. The number of carbonyl (C=O) groups excluding carboxylic acids is 1. The van der Waals surface area contributed by atoms with Crippen molar-refractivity contribution in [3.63, 3.8) is 0 Å². The second kappa shape index (κ2) is 6.59. The van der Waals surface area contributed by atoms with Gasteiger partial charge in [0, 0.05) is 22.1 Å². The Labute approximate surface area is 121 Å². The van der Waals surface area contributed by atoms with Gasteiger partial charge in [0.25, 0.3) is 0 Å². The first-order valence-electron chi connectivity index (χ1n) is 5.98. The highest BCUT2D eigenvalue weighted by molar-refractivity contribution is 7.09. The maximum Gasteiger partial charge on any atom is 0.319 e. The third-order valence-corrected chi connectivity index (χ3v) is 4.01. The van der Waals surface area contributed by atoms with Gasteiger partial charge in [-0.05, 0) is 42.5 Å². The van der Waals surface area contributed by atoms with Gasteiger partial charge >= 0.3 is 6.03 Å². The molecule has 5 heteroatoms. The van der Waals surface area contributed by atoms with Gasteiger partial charge in [0.1, 0.15) is 0 Å². The third kappa shape index (κ3) is 4.26. The molecule has 2 rings (SSSR count). The molecule has 0 spiro atoms. The molecule has 3 nitrogen and oxygen atoms in total. The van der Waals surface area contributed by atoms with E-state index in [4.69, 9.17) is 11.6 Å². The van der Waals surface area contributed by atoms with Gasteiger partial charge in [-0.1, -0.05) is 23.7 Å². The van der Waals surface area contributed by atoms with Crippen LogP contribution >= 0.6 is 22.9 Å². The minimum Gasteiger partial charge on any atom is -0.338 e. The van der Waals surface area contributed by atoms with Crippen molar-refractivity contribution in [2.75, 3.05) is 11.9 Å². The van der Waals surface area contributed by atoms with Gasteiger partial charge in [-0.15, -0.1) is 11.3 Å². The van der Waals surface area contributed by atoms with Crippen LogP contribution in [-0.4, -0.2) is 12.6 Å². The van der Waals surface area contributed by atoms with Crippen molar-refractivity contribution in [1.29, 1.82) is 0 Å². The molecular weight excluding hydrogens is 280 g/mol. The number of benzene rings is 1. The standard InChI is InChI=1S/C14H15ClN2OS/c1-10-4-5-11(9-13(10)15)17-14(18)16-7-6-12-3-2-8-19-12/h2-5,8-9H,6-7H2,1H3,(H2,16,17,18). The minimum atomic E-state index is -0.212. The topological polar surface area (TPSA) is 41.1 Å². The Balaban J connectivity index is 1.79. The molecule has 0 atom stereocenters. The van der Waals surface area contributed by atoms with E-state index in [2.05, 4.69) is 16.7 Å². The fraction of sp³-hybridized carbons (Fsp3) is 0.214. The lowest BCUT2D eigenvalue weighted by atomic mass is 10.2. The zero-order valence-electron chi connectivity index (χ0n) is 10.6. The summed E-state index contributed by atoms with van der Waals surface area (Å²) in [6, 6.07) is 9.31. The van der Waals surface area contributed by atoms with Gasteiger partial charge in [-0.25, -0.2) is 4.79 Å². The highest BCUT2D eigenvalue weighted by Gasteiger charge is 2.03. The van der Waals surface area contributed by atoms with E-state index < -0.39 is 0 Å². The average Bonchev–Trinajstić information content (AvgIpc) is 2.87. The lowest BCUT2D eigenvalue weighted by molar-refractivity contribution is 0.252. The van der Waals surface area contributed by atoms with Crippen LogP contribution in [0.4, 0.5) is 10.5 Å². The quantitative estimate of drug-likeness (QED) is 0.877. The number of hydrogen-bond acceptors (Lipinski definition) is 2. The second-order valence-corrected chi connectivity index (χ2v) is 5.61. The molecule has 2 amide bonds. The Kier molecular flexibility index (Phi) is 4.82. The van der Waals surface area contributed by atoms with Crippen LogP contribution in [0.25, 0.3) is 0 Å². The van der Waals surface area contributed by atoms with Crippen LogP contribution in [-0.2, 0) is 6.42 Å². The summed E-state index contributed by atoms with van der Waals surface area (Å²) in [4.78, 5) is 12.9. The molecule has 1 aromatic carbocycles. The van der Waals surface area contributed by atoms with E-state index in [1.807, 2.05) is 30.5 Å². The lowest BCUT2D eigenvalue weighted by Gasteiger charge is -2.08. The van der Waals surface area contributed by atoms with Gasteiger partial charge in [0.2, 0.25) is 0 Å². The minimum absolute atomic E-state index is 0.212. The van der Waals surface area contributed by atoms with Crippen LogP contribution in [0.1, 0.15) is 10.4 Å². The summed E-state index contributed by atoms with van der Waals surface area (Å²) in [6.45, 7) is 2.54. The molecule has 0 bridgehead atoms. The molecule has 0 unspecified atom stereocenters. The van der Waals surface area contributed by atoms with Crippen molar-refractivity contribution in [2.24, 2.45) is 0 Å². The number of urea groups is 1. The zero-order chi connectivity index (χ0) is 13.7. The molecule has 2 aromatic rings. The third-order valence-electron chi connectivity index (χ3n) is 2.67. The molecule has 0 saturated carbocycles. The number of nitrogens with one attached hydrogen (secondary N) is 2. The number of anilines is 1. The maximum atomic E-state index is 11.7. The van der Waals surface area contributed by atoms with Crippen LogP contribution in [0.2, 0.25) is 5.02 Å². The van der Waals surface area contributed by atoms with E-state index in [1.165, 1.54) is 4.88 Å². The molecular formula is C14H15ClN2OS. The number of amides is 2. The Bertz CT molecular complexity index is 555. The maximum absolute atomic E-state index is 11.7. The first-order valence-corrected chi connectivity index (χ1v) is 7.24. The predicted molar refractivity (Wildman–Crippen MR) is 81.2 cm³/mol. The van der Waals surface area contributed by atoms with Crippen molar-refractivity contribution in [2.45, 2.75) is 13.3 Å². The first-order chi connectivity index (χ1) is 9.15. The molecule has 1 aromatic heterocycles. The van der Waals surface area contributed by atoms with Crippen LogP contribution < -0.4 is 10.6 Å². The van der Waals surface area contributed by atoms with Crippen LogP contribution in [0.5, 0.6) is 0 Å². The summed E-state index contributed by atoms with van der Waals surface area (Å²) >= 11 is 7.69. The summed E-state index contributed by atoms with van der Waals surface area (Å²) in [7, 11) is 0. The van der Waals surface area contributed by atoms with Gasteiger partial charge in [0.05, 0.1) is 0 Å². The van der Waals surface area contributed by atoms with E-state index >= 15 is 0 Å². The molecule has 0 aliphatic rings. The Morgan fingerprint density at radius 1 is 1.37 bits per heavy atom. The smallest absolute Gasteiger partial charge is 0.319 e.